The third-order valence-corrected chi connectivity index (χ3v) is 3.51. The molecule has 2 N–H and O–H groups in total. The van der Waals surface area contributed by atoms with E-state index in [2.05, 4.69) is 19.1 Å². The molecule has 0 radical (unpaired) electrons. The lowest BCUT2D eigenvalue weighted by atomic mass is 9.83. The van der Waals surface area contributed by atoms with E-state index in [4.69, 9.17) is 10.5 Å². The van der Waals surface area contributed by atoms with Crippen LogP contribution in [0, 0.1) is 6.92 Å². The highest BCUT2D eigenvalue weighted by Crippen LogP contribution is 2.35. The van der Waals surface area contributed by atoms with Crippen LogP contribution >= 0.6 is 0 Å². The summed E-state index contributed by atoms with van der Waals surface area (Å²) in [5.41, 5.74) is 9.42. The predicted octanol–water partition coefficient (Wildman–Crippen LogP) is 4.00. The van der Waals surface area contributed by atoms with Crippen molar-refractivity contribution < 1.29 is 4.74 Å². The zero-order chi connectivity index (χ0) is 14.8. The summed E-state index contributed by atoms with van der Waals surface area (Å²) in [6.07, 6.45) is 0.129. The highest BCUT2D eigenvalue weighted by Gasteiger charge is 2.28. The molecule has 1 atom stereocenters. The topological polar surface area (TPSA) is 35.2 Å². The van der Waals surface area contributed by atoms with E-state index in [-0.39, 0.29) is 6.10 Å². The van der Waals surface area contributed by atoms with Crippen LogP contribution in [0.3, 0.4) is 0 Å². The SMILES string of the molecule is Cc1ccccc1C(C)(N)c1ccccc1OC(C)C. The summed E-state index contributed by atoms with van der Waals surface area (Å²) in [5, 5.41) is 0. The summed E-state index contributed by atoms with van der Waals surface area (Å²) in [5.74, 6) is 0.857. The molecule has 1 unspecified atom stereocenters. The lowest BCUT2D eigenvalue weighted by Crippen LogP contribution is -2.35. The van der Waals surface area contributed by atoms with Gasteiger partial charge in [0.1, 0.15) is 5.75 Å². The van der Waals surface area contributed by atoms with Gasteiger partial charge in [-0.3, -0.25) is 0 Å². The highest BCUT2D eigenvalue weighted by atomic mass is 16.5. The van der Waals surface area contributed by atoms with E-state index in [1.165, 1.54) is 5.56 Å². The molecule has 0 amide bonds. The van der Waals surface area contributed by atoms with Crippen molar-refractivity contribution in [2.24, 2.45) is 5.73 Å². The first-order chi connectivity index (χ1) is 9.43. The van der Waals surface area contributed by atoms with Crippen LogP contribution in [0.25, 0.3) is 0 Å². The third-order valence-electron chi connectivity index (χ3n) is 3.51. The number of rotatable bonds is 4. The van der Waals surface area contributed by atoms with Gasteiger partial charge in [-0.1, -0.05) is 42.5 Å². The lowest BCUT2D eigenvalue weighted by Gasteiger charge is -2.30. The molecule has 0 bridgehead atoms. The Bertz CT molecular complexity index is 587. The van der Waals surface area contributed by atoms with Gasteiger partial charge in [-0.05, 0) is 44.9 Å². The second-order valence-corrected chi connectivity index (χ2v) is 5.68. The van der Waals surface area contributed by atoms with E-state index in [1.807, 2.05) is 57.2 Å². The van der Waals surface area contributed by atoms with Gasteiger partial charge in [0, 0.05) is 5.56 Å². The molecule has 2 aromatic carbocycles. The van der Waals surface area contributed by atoms with Crippen molar-refractivity contribution in [3.63, 3.8) is 0 Å². The Morgan fingerprint density at radius 1 is 0.950 bits per heavy atom. The Balaban J connectivity index is 2.52. The van der Waals surface area contributed by atoms with Gasteiger partial charge in [-0.15, -0.1) is 0 Å². The molecule has 0 aromatic heterocycles. The quantitative estimate of drug-likeness (QED) is 0.910. The standard InChI is InChI=1S/C18H23NO/c1-13(2)20-17-12-8-7-11-16(17)18(4,19)15-10-6-5-9-14(15)3/h5-13H,19H2,1-4H3. The number of ether oxygens (including phenoxy) is 1. The lowest BCUT2D eigenvalue weighted by molar-refractivity contribution is 0.237. The molecular weight excluding hydrogens is 246 g/mol. The first-order valence-corrected chi connectivity index (χ1v) is 7.04. The van der Waals surface area contributed by atoms with Crippen LogP contribution in [0.4, 0.5) is 0 Å². The molecule has 0 saturated heterocycles. The summed E-state index contributed by atoms with van der Waals surface area (Å²) < 4.78 is 5.91. The first-order valence-electron chi connectivity index (χ1n) is 7.04. The summed E-state index contributed by atoms with van der Waals surface area (Å²) in [7, 11) is 0. The second-order valence-electron chi connectivity index (χ2n) is 5.68. The number of nitrogens with two attached hydrogens (primary N) is 1. The highest BCUT2D eigenvalue weighted by molar-refractivity contribution is 5.47. The van der Waals surface area contributed by atoms with E-state index < -0.39 is 5.54 Å². The second kappa shape index (κ2) is 5.68. The van der Waals surface area contributed by atoms with Crippen LogP contribution in [0.1, 0.15) is 37.5 Å². The molecule has 20 heavy (non-hydrogen) atoms. The van der Waals surface area contributed by atoms with Crippen molar-refractivity contribution in [2.75, 3.05) is 0 Å². The van der Waals surface area contributed by atoms with E-state index >= 15 is 0 Å². The van der Waals surface area contributed by atoms with Gasteiger partial charge in [0.25, 0.3) is 0 Å². The van der Waals surface area contributed by atoms with Crippen molar-refractivity contribution >= 4 is 0 Å². The van der Waals surface area contributed by atoms with Crippen LogP contribution in [0.5, 0.6) is 5.75 Å². The average molecular weight is 269 g/mol. The van der Waals surface area contributed by atoms with Gasteiger partial charge in [-0.25, -0.2) is 0 Å². The molecule has 106 valence electrons. The number of aryl methyl sites for hydroxylation is 1. The molecule has 0 aliphatic carbocycles. The van der Waals surface area contributed by atoms with Gasteiger partial charge in [0.05, 0.1) is 11.6 Å². The maximum atomic E-state index is 6.66. The Morgan fingerprint density at radius 2 is 1.50 bits per heavy atom. The average Bonchev–Trinajstić information content (AvgIpc) is 2.38. The van der Waals surface area contributed by atoms with Gasteiger partial charge in [0.15, 0.2) is 0 Å². The number of para-hydroxylation sites is 1. The van der Waals surface area contributed by atoms with Crippen LogP contribution in [0.15, 0.2) is 48.5 Å². The van der Waals surface area contributed by atoms with E-state index in [1.54, 1.807) is 0 Å². The van der Waals surface area contributed by atoms with Crippen molar-refractivity contribution in [2.45, 2.75) is 39.3 Å². The molecule has 2 heteroatoms. The molecule has 0 aliphatic rings. The van der Waals surface area contributed by atoms with E-state index in [0.29, 0.717) is 0 Å². The third kappa shape index (κ3) is 2.86. The van der Waals surface area contributed by atoms with Gasteiger partial charge in [-0.2, -0.15) is 0 Å². The molecule has 0 heterocycles. The van der Waals surface area contributed by atoms with E-state index in [9.17, 15) is 0 Å². The van der Waals surface area contributed by atoms with Gasteiger partial charge >= 0.3 is 0 Å². The molecule has 0 spiro atoms. The fourth-order valence-electron chi connectivity index (χ4n) is 2.55. The minimum absolute atomic E-state index is 0.129. The zero-order valence-electron chi connectivity index (χ0n) is 12.7. The molecule has 0 fully saturated rings. The predicted molar refractivity (Wildman–Crippen MR) is 84.0 cm³/mol. The number of benzene rings is 2. The first kappa shape index (κ1) is 14.6. The van der Waals surface area contributed by atoms with Crippen LogP contribution in [-0.4, -0.2) is 6.10 Å². The summed E-state index contributed by atoms with van der Waals surface area (Å²) in [6, 6.07) is 16.3. The Morgan fingerprint density at radius 3 is 2.10 bits per heavy atom. The maximum absolute atomic E-state index is 6.66. The Labute approximate surface area is 121 Å². The minimum atomic E-state index is -0.573. The van der Waals surface area contributed by atoms with Crippen molar-refractivity contribution in [3.8, 4) is 5.75 Å². The van der Waals surface area contributed by atoms with Gasteiger partial charge in [0.2, 0.25) is 0 Å². The van der Waals surface area contributed by atoms with Gasteiger partial charge < -0.3 is 10.5 Å². The normalized spacial score (nSPS) is 14.1. The fraction of sp³-hybridized carbons (Fsp3) is 0.333. The van der Waals surface area contributed by atoms with E-state index in [0.717, 1.165) is 16.9 Å². The number of hydrogen-bond donors (Lipinski definition) is 1. The summed E-state index contributed by atoms with van der Waals surface area (Å²) in [4.78, 5) is 0. The largest absolute Gasteiger partial charge is 0.491 e. The zero-order valence-corrected chi connectivity index (χ0v) is 12.7. The fourth-order valence-corrected chi connectivity index (χ4v) is 2.55. The molecule has 2 rings (SSSR count). The van der Waals surface area contributed by atoms with Crippen molar-refractivity contribution in [3.05, 3.63) is 65.2 Å². The Hall–Kier alpha value is -1.80. The van der Waals surface area contributed by atoms with Crippen LogP contribution in [-0.2, 0) is 5.54 Å². The molecular formula is C18H23NO. The number of hydrogen-bond acceptors (Lipinski definition) is 2. The summed E-state index contributed by atoms with van der Waals surface area (Å²) >= 11 is 0. The van der Waals surface area contributed by atoms with Crippen molar-refractivity contribution in [1.29, 1.82) is 0 Å². The smallest absolute Gasteiger partial charge is 0.125 e. The molecule has 0 saturated carbocycles. The Kier molecular flexibility index (Phi) is 4.15. The molecule has 0 aliphatic heterocycles. The molecule has 2 aromatic rings. The maximum Gasteiger partial charge on any atom is 0.125 e. The molecule has 2 nitrogen and oxygen atoms in total. The minimum Gasteiger partial charge on any atom is -0.491 e. The summed E-state index contributed by atoms with van der Waals surface area (Å²) in [6.45, 7) is 8.18. The monoisotopic (exact) mass is 269 g/mol. The van der Waals surface area contributed by atoms with Crippen LogP contribution in [0.2, 0.25) is 0 Å². The van der Waals surface area contributed by atoms with Crippen LogP contribution < -0.4 is 10.5 Å². The van der Waals surface area contributed by atoms with Crippen molar-refractivity contribution in [1.82, 2.24) is 0 Å².